The lowest BCUT2D eigenvalue weighted by atomic mass is 10.1. The molecule has 1 aliphatic rings. The fourth-order valence-electron chi connectivity index (χ4n) is 2.35. The van der Waals surface area contributed by atoms with Crippen molar-refractivity contribution >= 4 is 29.5 Å². The predicted octanol–water partition coefficient (Wildman–Crippen LogP) is 4.55. The van der Waals surface area contributed by atoms with Gasteiger partial charge in [0, 0.05) is 24.2 Å². The van der Waals surface area contributed by atoms with E-state index in [0.717, 1.165) is 30.4 Å². The molecule has 1 aliphatic carbocycles. The SMILES string of the molecule is O=C(NO)c1ccc(CN(Sc2c(F)cc(F)c(Cl)c2F)C2CC2)cc1. The third kappa shape index (κ3) is 4.15. The van der Waals surface area contributed by atoms with Crippen LogP contribution < -0.4 is 5.48 Å². The second kappa shape index (κ2) is 7.87. The molecule has 2 aromatic carbocycles. The fraction of sp³-hybridized carbons (Fsp3) is 0.235. The molecule has 0 radical (unpaired) electrons. The van der Waals surface area contributed by atoms with Crippen LogP contribution in [0.15, 0.2) is 35.2 Å². The first kappa shape index (κ1) is 19.0. The lowest BCUT2D eigenvalue weighted by molar-refractivity contribution is 0.0706. The van der Waals surface area contributed by atoms with Gasteiger partial charge in [0.1, 0.15) is 16.7 Å². The van der Waals surface area contributed by atoms with Crippen LogP contribution in [0, 0.1) is 17.5 Å². The molecule has 0 atom stereocenters. The fourth-order valence-corrected chi connectivity index (χ4v) is 3.70. The second-order valence-electron chi connectivity index (χ2n) is 5.83. The van der Waals surface area contributed by atoms with Crippen molar-refractivity contribution in [2.45, 2.75) is 30.3 Å². The van der Waals surface area contributed by atoms with Crippen LogP contribution in [0.2, 0.25) is 5.02 Å². The number of hydrogen-bond donors (Lipinski definition) is 2. The van der Waals surface area contributed by atoms with Crippen molar-refractivity contribution in [3.05, 3.63) is 63.9 Å². The molecular formula is C17H14ClF3N2O2S. The monoisotopic (exact) mass is 402 g/mol. The van der Waals surface area contributed by atoms with E-state index in [2.05, 4.69) is 0 Å². The Hall–Kier alpha value is -1.74. The Morgan fingerprint density at radius 1 is 1.23 bits per heavy atom. The number of rotatable bonds is 6. The van der Waals surface area contributed by atoms with E-state index in [1.807, 2.05) is 0 Å². The lowest BCUT2D eigenvalue weighted by Crippen LogP contribution is -2.20. The molecule has 4 nitrogen and oxygen atoms in total. The molecular weight excluding hydrogens is 389 g/mol. The van der Waals surface area contributed by atoms with Gasteiger partial charge >= 0.3 is 0 Å². The summed E-state index contributed by atoms with van der Waals surface area (Å²) in [6.07, 6.45) is 1.77. The van der Waals surface area contributed by atoms with Crippen molar-refractivity contribution in [3.63, 3.8) is 0 Å². The molecule has 0 heterocycles. The number of carbonyl (C=O) groups excluding carboxylic acids is 1. The van der Waals surface area contributed by atoms with Crippen molar-refractivity contribution in [3.8, 4) is 0 Å². The van der Waals surface area contributed by atoms with Gasteiger partial charge in [0.05, 0.1) is 4.90 Å². The van der Waals surface area contributed by atoms with E-state index in [0.29, 0.717) is 12.6 Å². The van der Waals surface area contributed by atoms with E-state index < -0.39 is 28.4 Å². The van der Waals surface area contributed by atoms with Crippen molar-refractivity contribution in [1.82, 2.24) is 9.79 Å². The number of halogens is 4. The molecule has 0 aliphatic heterocycles. The first-order chi connectivity index (χ1) is 12.4. The summed E-state index contributed by atoms with van der Waals surface area (Å²) < 4.78 is 43.3. The van der Waals surface area contributed by atoms with Crippen LogP contribution in [0.1, 0.15) is 28.8 Å². The normalized spacial score (nSPS) is 13.9. The zero-order chi connectivity index (χ0) is 18.8. The summed E-state index contributed by atoms with van der Waals surface area (Å²) in [5, 5.41) is 7.89. The molecule has 0 aromatic heterocycles. The molecule has 2 N–H and O–H groups in total. The van der Waals surface area contributed by atoms with Crippen LogP contribution >= 0.6 is 23.5 Å². The molecule has 9 heteroatoms. The van der Waals surface area contributed by atoms with Crippen LogP contribution in [-0.4, -0.2) is 21.5 Å². The molecule has 0 unspecified atom stereocenters. The molecule has 1 amide bonds. The highest BCUT2D eigenvalue weighted by atomic mass is 35.5. The summed E-state index contributed by atoms with van der Waals surface area (Å²) in [6, 6.07) is 7.15. The number of carbonyl (C=O) groups is 1. The predicted molar refractivity (Wildman–Crippen MR) is 91.4 cm³/mol. The summed E-state index contributed by atoms with van der Waals surface area (Å²) in [4.78, 5) is 11.0. The average Bonchev–Trinajstić information content (AvgIpc) is 3.47. The van der Waals surface area contributed by atoms with Gasteiger partial charge < -0.3 is 0 Å². The summed E-state index contributed by atoms with van der Waals surface area (Å²) in [7, 11) is 0. The first-order valence-electron chi connectivity index (χ1n) is 7.71. The van der Waals surface area contributed by atoms with Gasteiger partial charge in [0.25, 0.3) is 5.91 Å². The van der Waals surface area contributed by atoms with Crippen molar-refractivity contribution in [2.75, 3.05) is 0 Å². The van der Waals surface area contributed by atoms with E-state index in [1.165, 1.54) is 12.1 Å². The second-order valence-corrected chi connectivity index (χ2v) is 7.27. The minimum absolute atomic E-state index is 0.142. The summed E-state index contributed by atoms with van der Waals surface area (Å²) >= 11 is 6.41. The van der Waals surface area contributed by atoms with Crippen LogP contribution in [0.5, 0.6) is 0 Å². The third-order valence-corrected chi connectivity index (χ3v) is 5.46. The number of nitrogens with one attached hydrogen (secondary N) is 1. The summed E-state index contributed by atoms with van der Waals surface area (Å²) in [5.74, 6) is -3.89. The van der Waals surface area contributed by atoms with Gasteiger partial charge in [-0.25, -0.2) is 23.0 Å². The quantitative estimate of drug-likeness (QED) is 0.245. The Labute approximate surface area is 157 Å². The molecule has 2 aromatic rings. The minimum Gasteiger partial charge on any atom is -0.288 e. The maximum absolute atomic E-state index is 14.2. The number of amides is 1. The highest BCUT2D eigenvalue weighted by molar-refractivity contribution is 7.97. The largest absolute Gasteiger partial charge is 0.288 e. The smallest absolute Gasteiger partial charge is 0.274 e. The zero-order valence-corrected chi connectivity index (χ0v) is 14.9. The van der Waals surface area contributed by atoms with E-state index in [1.54, 1.807) is 21.9 Å². The van der Waals surface area contributed by atoms with Crippen molar-refractivity contribution in [1.29, 1.82) is 0 Å². The molecule has 0 spiro atoms. The minimum atomic E-state index is -1.14. The highest BCUT2D eigenvalue weighted by Crippen LogP contribution is 2.40. The third-order valence-electron chi connectivity index (χ3n) is 3.89. The Morgan fingerprint density at radius 3 is 2.46 bits per heavy atom. The molecule has 1 saturated carbocycles. The molecule has 1 fully saturated rings. The number of nitrogens with zero attached hydrogens (tertiary/aromatic N) is 1. The molecule has 138 valence electrons. The topological polar surface area (TPSA) is 52.6 Å². The van der Waals surface area contributed by atoms with E-state index in [-0.39, 0.29) is 16.5 Å². The molecule has 0 bridgehead atoms. The lowest BCUT2D eigenvalue weighted by Gasteiger charge is -2.21. The van der Waals surface area contributed by atoms with Gasteiger partial charge in [0.2, 0.25) is 0 Å². The maximum atomic E-state index is 14.2. The molecule has 0 saturated heterocycles. The Balaban J connectivity index is 1.79. The van der Waals surface area contributed by atoms with Crippen molar-refractivity contribution in [2.24, 2.45) is 0 Å². The summed E-state index contributed by atoms with van der Waals surface area (Å²) in [5.41, 5.74) is 2.64. The van der Waals surface area contributed by atoms with Gasteiger partial charge in [-0.1, -0.05) is 23.7 Å². The van der Waals surface area contributed by atoms with Crippen LogP contribution in [-0.2, 0) is 6.54 Å². The Morgan fingerprint density at radius 2 is 1.88 bits per heavy atom. The van der Waals surface area contributed by atoms with E-state index in [9.17, 15) is 18.0 Å². The van der Waals surface area contributed by atoms with Crippen LogP contribution in [0.4, 0.5) is 13.2 Å². The highest BCUT2D eigenvalue weighted by Gasteiger charge is 2.32. The van der Waals surface area contributed by atoms with Crippen LogP contribution in [0.3, 0.4) is 0 Å². The van der Waals surface area contributed by atoms with E-state index >= 15 is 0 Å². The van der Waals surface area contributed by atoms with Gasteiger partial charge in [-0.2, -0.15) is 0 Å². The van der Waals surface area contributed by atoms with Crippen LogP contribution in [0.25, 0.3) is 0 Å². The first-order valence-corrected chi connectivity index (χ1v) is 8.86. The maximum Gasteiger partial charge on any atom is 0.274 e. The van der Waals surface area contributed by atoms with Gasteiger partial charge in [0.15, 0.2) is 5.82 Å². The van der Waals surface area contributed by atoms with Gasteiger partial charge in [-0.05, 0) is 42.5 Å². The number of hydroxylamine groups is 1. The zero-order valence-electron chi connectivity index (χ0n) is 13.3. The summed E-state index contributed by atoms with van der Waals surface area (Å²) in [6.45, 7) is 0.365. The average molecular weight is 403 g/mol. The standard InChI is InChI=1S/C17H14ClF3N2O2S/c18-14-12(19)7-13(20)16(15(14)21)26-23(11-5-6-11)8-9-1-3-10(4-2-9)17(24)22-25/h1-4,7,11,25H,5-6,8H2,(H,22,24). The number of benzene rings is 2. The number of hydrogen-bond acceptors (Lipinski definition) is 4. The van der Waals surface area contributed by atoms with E-state index in [4.69, 9.17) is 16.8 Å². The Bertz CT molecular complexity index is 832. The molecule has 3 rings (SSSR count). The molecule has 26 heavy (non-hydrogen) atoms. The van der Waals surface area contributed by atoms with Crippen molar-refractivity contribution < 1.29 is 23.2 Å². The van der Waals surface area contributed by atoms with Gasteiger partial charge in [-0.3, -0.25) is 10.0 Å². The van der Waals surface area contributed by atoms with Gasteiger partial charge in [-0.15, -0.1) is 0 Å². The Kier molecular flexibility index (Phi) is 5.76.